The molecule has 0 heterocycles. The summed E-state index contributed by atoms with van der Waals surface area (Å²) in [4.78, 5) is 22.3. The molecule has 0 radical (unpaired) electrons. The fraction of sp³-hybridized carbons (Fsp3) is 0.667. The first-order chi connectivity index (χ1) is 7.24. The number of ether oxygens (including phenoxy) is 1. The number of carbonyl (C=O) groups excluding carboxylic acids is 2. The molecule has 1 amide bonds. The van der Waals surface area contributed by atoms with Crippen LogP contribution in [0.25, 0.3) is 0 Å². The summed E-state index contributed by atoms with van der Waals surface area (Å²) in [6, 6.07) is -0.217. The van der Waals surface area contributed by atoms with Gasteiger partial charge in [-0.1, -0.05) is 13.0 Å². The Kier molecular flexibility index (Phi) is 5.78. The van der Waals surface area contributed by atoms with Crippen molar-refractivity contribution in [3.8, 4) is 0 Å². The molecule has 1 unspecified atom stereocenters. The predicted molar refractivity (Wildman–Crippen MR) is 63.3 cm³/mol. The molecule has 0 aliphatic rings. The summed E-state index contributed by atoms with van der Waals surface area (Å²) in [5.74, 6) is 0.0397. The van der Waals surface area contributed by atoms with Crippen molar-refractivity contribution in [2.75, 3.05) is 0 Å². The van der Waals surface area contributed by atoms with Crippen LogP contribution in [0.5, 0.6) is 0 Å². The van der Waals surface area contributed by atoms with Crippen LogP contribution in [0, 0.1) is 0 Å². The van der Waals surface area contributed by atoms with E-state index in [0.717, 1.165) is 0 Å². The van der Waals surface area contributed by atoms with Gasteiger partial charge in [-0.2, -0.15) is 0 Å². The molecule has 0 rings (SSSR count). The lowest BCUT2D eigenvalue weighted by atomic mass is 10.2. The number of hydrogen-bond donors (Lipinski definition) is 1. The molecular formula is C12H21NO3. The normalized spacial score (nSPS) is 13.6. The van der Waals surface area contributed by atoms with E-state index >= 15 is 0 Å². The molecule has 0 saturated heterocycles. The topological polar surface area (TPSA) is 55.4 Å². The lowest BCUT2D eigenvalue weighted by Crippen LogP contribution is -2.36. The van der Waals surface area contributed by atoms with Crippen LogP contribution in [0.1, 0.15) is 41.0 Å². The maximum atomic E-state index is 11.3. The molecule has 1 atom stereocenters. The van der Waals surface area contributed by atoms with Crippen LogP contribution in [0.15, 0.2) is 12.2 Å². The zero-order valence-electron chi connectivity index (χ0n) is 10.7. The third-order valence-corrected chi connectivity index (χ3v) is 1.66. The standard InChI is InChI=1S/C12H21NO3/c1-6-10(14)8-7-9(2)13-11(15)16-12(3,4)5/h7-9H,6H2,1-5H3,(H,13,15)/b8-7+. The number of carbonyl (C=O) groups is 2. The maximum absolute atomic E-state index is 11.3. The quantitative estimate of drug-likeness (QED) is 0.750. The van der Waals surface area contributed by atoms with Crippen LogP contribution in [0.3, 0.4) is 0 Å². The number of allylic oxidation sites excluding steroid dienone is 1. The molecular weight excluding hydrogens is 206 g/mol. The summed E-state index contributed by atoms with van der Waals surface area (Å²) in [5, 5.41) is 2.62. The second-order valence-corrected chi connectivity index (χ2v) is 4.61. The number of rotatable bonds is 4. The zero-order chi connectivity index (χ0) is 12.8. The van der Waals surface area contributed by atoms with Gasteiger partial charge in [-0.15, -0.1) is 0 Å². The van der Waals surface area contributed by atoms with Crippen molar-refractivity contribution in [1.82, 2.24) is 5.32 Å². The summed E-state index contributed by atoms with van der Waals surface area (Å²) >= 11 is 0. The van der Waals surface area contributed by atoms with E-state index in [1.807, 2.05) is 0 Å². The van der Waals surface area contributed by atoms with E-state index < -0.39 is 11.7 Å². The molecule has 4 heteroatoms. The molecule has 0 aromatic rings. The third kappa shape index (κ3) is 8.03. The second-order valence-electron chi connectivity index (χ2n) is 4.61. The van der Waals surface area contributed by atoms with E-state index in [1.165, 1.54) is 6.08 Å². The number of alkyl carbamates (subject to hydrolysis) is 1. The van der Waals surface area contributed by atoms with Crippen LogP contribution >= 0.6 is 0 Å². The van der Waals surface area contributed by atoms with Gasteiger partial charge in [-0.05, 0) is 33.8 Å². The first-order valence-electron chi connectivity index (χ1n) is 5.45. The highest BCUT2D eigenvalue weighted by molar-refractivity contribution is 5.89. The molecule has 0 spiro atoms. The van der Waals surface area contributed by atoms with E-state index in [2.05, 4.69) is 5.32 Å². The first kappa shape index (κ1) is 14.7. The summed E-state index contributed by atoms with van der Waals surface area (Å²) in [6.07, 6.45) is 3.11. The Labute approximate surface area is 97.1 Å². The molecule has 0 aromatic heterocycles. The number of amides is 1. The molecule has 0 aliphatic heterocycles. The third-order valence-electron chi connectivity index (χ3n) is 1.66. The second kappa shape index (κ2) is 6.30. The Morgan fingerprint density at radius 2 is 1.94 bits per heavy atom. The maximum Gasteiger partial charge on any atom is 0.408 e. The van der Waals surface area contributed by atoms with Gasteiger partial charge in [0.1, 0.15) is 5.60 Å². The van der Waals surface area contributed by atoms with Gasteiger partial charge in [-0.25, -0.2) is 4.79 Å². The van der Waals surface area contributed by atoms with Gasteiger partial charge in [-0.3, -0.25) is 4.79 Å². The molecule has 16 heavy (non-hydrogen) atoms. The smallest absolute Gasteiger partial charge is 0.408 e. The van der Waals surface area contributed by atoms with Crippen molar-refractivity contribution in [3.05, 3.63) is 12.2 Å². The van der Waals surface area contributed by atoms with Gasteiger partial charge >= 0.3 is 6.09 Å². The number of hydrogen-bond acceptors (Lipinski definition) is 3. The van der Waals surface area contributed by atoms with E-state index in [9.17, 15) is 9.59 Å². The van der Waals surface area contributed by atoms with E-state index in [4.69, 9.17) is 4.74 Å². The van der Waals surface area contributed by atoms with E-state index in [1.54, 1.807) is 40.7 Å². The Balaban J connectivity index is 4.06. The predicted octanol–water partition coefficient (Wildman–Crippen LogP) is 2.43. The Hall–Kier alpha value is -1.32. The highest BCUT2D eigenvalue weighted by Crippen LogP contribution is 2.06. The minimum absolute atomic E-state index is 0.0397. The molecule has 0 aliphatic carbocycles. The largest absolute Gasteiger partial charge is 0.444 e. The van der Waals surface area contributed by atoms with Crippen molar-refractivity contribution >= 4 is 11.9 Å². The fourth-order valence-electron chi connectivity index (χ4n) is 0.911. The molecule has 0 saturated carbocycles. The molecule has 92 valence electrons. The first-order valence-corrected chi connectivity index (χ1v) is 5.45. The van der Waals surface area contributed by atoms with Gasteiger partial charge in [0.25, 0.3) is 0 Å². The highest BCUT2D eigenvalue weighted by Gasteiger charge is 2.16. The van der Waals surface area contributed by atoms with E-state index in [0.29, 0.717) is 6.42 Å². The summed E-state index contributed by atoms with van der Waals surface area (Å²) in [6.45, 7) is 8.97. The van der Waals surface area contributed by atoms with Crippen LogP contribution in [0.2, 0.25) is 0 Å². The number of ketones is 1. The lowest BCUT2D eigenvalue weighted by molar-refractivity contribution is -0.114. The molecule has 0 fully saturated rings. The van der Waals surface area contributed by atoms with Crippen LogP contribution in [0.4, 0.5) is 4.79 Å². The van der Waals surface area contributed by atoms with Gasteiger partial charge in [0.2, 0.25) is 0 Å². The van der Waals surface area contributed by atoms with Crippen molar-refractivity contribution in [1.29, 1.82) is 0 Å². The van der Waals surface area contributed by atoms with Crippen molar-refractivity contribution in [2.45, 2.75) is 52.7 Å². The van der Waals surface area contributed by atoms with Crippen molar-refractivity contribution in [2.24, 2.45) is 0 Å². The summed E-state index contributed by atoms with van der Waals surface area (Å²) < 4.78 is 5.07. The summed E-state index contributed by atoms with van der Waals surface area (Å²) in [5.41, 5.74) is -0.507. The van der Waals surface area contributed by atoms with Gasteiger partial charge < -0.3 is 10.1 Å². The zero-order valence-corrected chi connectivity index (χ0v) is 10.7. The molecule has 4 nitrogen and oxygen atoms in total. The monoisotopic (exact) mass is 227 g/mol. The molecule has 0 bridgehead atoms. The number of nitrogens with one attached hydrogen (secondary N) is 1. The fourth-order valence-corrected chi connectivity index (χ4v) is 0.911. The minimum Gasteiger partial charge on any atom is -0.444 e. The highest BCUT2D eigenvalue weighted by atomic mass is 16.6. The Bertz CT molecular complexity index is 276. The van der Waals surface area contributed by atoms with Gasteiger partial charge in [0, 0.05) is 12.5 Å². The average Bonchev–Trinajstić information content (AvgIpc) is 2.10. The summed E-state index contributed by atoms with van der Waals surface area (Å²) in [7, 11) is 0. The average molecular weight is 227 g/mol. The Morgan fingerprint density at radius 1 is 1.38 bits per heavy atom. The Morgan fingerprint density at radius 3 is 2.38 bits per heavy atom. The SMILES string of the molecule is CCC(=O)/C=C/C(C)NC(=O)OC(C)(C)C. The molecule has 0 aromatic carbocycles. The van der Waals surface area contributed by atoms with E-state index in [-0.39, 0.29) is 11.8 Å². The minimum atomic E-state index is -0.507. The molecule has 1 N–H and O–H groups in total. The van der Waals surface area contributed by atoms with Gasteiger partial charge in [0.05, 0.1) is 0 Å². The van der Waals surface area contributed by atoms with Crippen molar-refractivity contribution in [3.63, 3.8) is 0 Å². The van der Waals surface area contributed by atoms with Gasteiger partial charge in [0.15, 0.2) is 5.78 Å². The van der Waals surface area contributed by atoms with Crippen molar-refractivity contribution < 1.29 is 14.3 Å². The van der Waals surface area contributed by atoms with Crippen LogP contribution in [-0.2, 0) is 9.53 Å². The van der Waals surface area contributed by atoms with Crippen LogP contribution < -0.4 is 5.32 Å². The van der Waals surface area contributed by atoms with Crippen LogP contribution in [-0.4, -0.2) is 23.5 Å². The lowest BCUT2D eigenvalue weighted by Gasteiger charge is -2.20.